The molecule has 0 amide bonds. The summed E-state index contributed by atoms with van der Waals surface area (Å²) in [5.41, 5.74) is 0. The first-order chi connectivity index (χ1) is 8.46. The van der Waals surface area contributed by atoms with Crippen LogP contribution in [0.4, 0.5) is 0 Å². The van der Waals surface area contributed by atoms with Crippen LogP contribution >= 0.6 is 23.2 Å². The monoisotopic (exact) mass is 288 g/mol. The lowest BCUT2D eigenvalue weighted by atomic mass is 10.1. The van der Waals surface area contributed by atoms with Gasteiger partial charge in [-0.25, -0.2) is 0 Å². The molecular weight excluding hydrogens is 283 g/mol. The van der Waals surface area contributed by atoms with E-state index in [1.807, 2.05) is 0 Å². The van der Waals surface area contributed by atoms with Crippen LogP contribution in [-0.2, 0) is 9.59 Å². The molecule has 0 radical (unpaired) electrons. The summed E-state index contributed by atoms with van der Waals surface area (Å²) in [6.07, 6.45) is 6.56. The number of hydrogen-bond donors (Lipinski definition) is 2. The number of hydrogen-bond acceptors (Lipinski definition) is 6. The van der Waals surface area contributed by atoms with Gasteiger partial charge in [-0.15, -0.1) is 0 Å². The molecule has 0 spiro atoms. The normalized spacial score (nSPS) is 15.4. The molecule has 0 unspecified atom stereocenters. The molecule has 1 aromatic heterocycles. The molecule has 94 valence electrons. The van der Waals surface area contributed by atoms with E-state index in [9.17, 15) is 9.59 Å². The molecule has 2 rings (SSSR count). The van der Waals surface area contributed by atoms with Gasteiger partial charge >= 0.3 is 0 Å². The van der Waals surface area contributed by atoms with Crippen molar-refractivity contribution < 1.29 is 19.8 Å². The average Bonchev–Trinajstić information content (AvgIpc) is 2.43. The van der Waals surface area contributed by atoms with Crippen LogP contribution in [0.1, 0.15) is 0 Å². The highest BCUT2D eigenvalue weighted by Crippen LogP contribution is 2.26. The molecule has 0 saturated heterocycles. The smallest absolute Gasteiger partial charge is 0.244 e. The van der Waals surface area contributed by atoms with Crippen LogP contribution < -0.4 is 0 Å². The topological polar surface area (TPSA) is 100 Å². The Kier molecular flexibility index (Phi) is 4.82. The second-order valence-corrected chi connectivity index (χ2v) is 3.63. The van der Waals surface area contributed by atoms with Gasteiger partial charge in [-0.1, -0.05) is 23.2 Å². The van der Waals surface area contributed by atoms with Gasteiger partial charge in [0.05, 0.1) is 0 Å². The van der Waals surface area contributed by atoms with Gasteiger partial charge in [0.25, 0.3) is 0 Å². The summed E-state index contributed by atoms with van der Waals surface area (Å²) in [5, 5.41) is 16.3. The van der Waals surface area contributed by atoms with Gasteiger partial charge < -0.3 is 10.2 Å². The van der Waals surface area contributed by atoms with Crippen LogP contribution in [-0.4, -0.2) is 31.7 Å². The van der Waals surface area contributed by atoms with E-state index in [-0.39, 0.29) is 0 Å². The number of carbonyl (C=O) groups is 2. The molecule has 0 bridgehead atoms. The zero-order valence-corrected chi connectivity index (χ0v) is 10.2. The number of halogens is 2. The number of nitrogens with zero attached hydrogens (tertiary/aromatic N) is 2. The fourth-order valence-corrected chi connectivity index (χ4v) is 1.23. The Morgan fingerprint density at radius 2 is 1.06 bits per heavy atom. The van der Waals surface area contributed by atoms with Gasteiger partial charge in [0.1, 0.15) is 10.1 Å². The van der Waals surface area contributed by atoms with Gasteiger partial charge in [0, 0.05) is 24.8 Å². The van der Waals surface area contributed by atoms with Crippen molar-refractivity contribution in [3.63, 3.8) is 0 Å². The Hall–Kier alpha value is -1.92. The molecule has 0 fully saturated rings. The number of ketones is 2. The minimum atomic E-state index is -1.06. The van der Waals surface area contributed by atoms with Crippen LogP contribution in [0.2, 0.25) is 0 Å². The Balaban J connectivity index is 0.000000225. The van der Waals surface area contributed by atoms with E-state index in [2.05, 4.69) is 9.97 Å². The molecular formula is C10H6Cl2N2O4. The van der Waals surface area contributed by atoms with Crippen molar-refractivity contribution in [3.8, 4) is 0 Å². The van der Waals surface area contributed by atoms with Crippen LogP contribution in [0.15, 0.2) is 46.4 Å². The quantitative estimate of drug-likeness (QED) is 0.704. The zero-order chi connectivity index (χ0) is 13.7. The Morgan fingerprint density at radius 3 is 1.28 bits per heavy atom. The number of carbonyl (C=O) groups excluding carboxylic acids is 2. The van der Waals surface area contributed by atoms with Gasteiger partial charge in [-0.3, -0.25) is 19.6 Å². The number of aromatic nitrogens is 2. The molecule has 6 nitrogen and oxygen atoms in total. The summed E-state index contributed by atoms with van der Waals surface area (Å²) in [7, 11) is 0. The lowest BCUT2D eigenvalue weighted by Gasteiger charge is -2.08. The first kappa shape index (κ1) is 14.1. The highest BCUT2D eigenvalue weighted by Gasteiger charge is 2.32. The number of Topliss-reactive ketones (excluding diaryl/α,β-unsaturated/α-hetero) is 2. The summed E-state index contributed by atoms with van der Waals surface area (Å²) < 4.78 is 0. The van der Waals surface area contributed by atoms with Crippen LogP contribution in [0.25, 0.3) is 0 Å². The number of aliphatic hydroxyl groups is 2. The second-order valence-electron chi connectivity index (χ2n) is 2.88. The molecule has 0 aliphatic heterocycles. The van der Waals surface area contributed by atoms with Gasteiger partial charge in [-0.2, -0.15) is 0 Å². The fraction of sp³-hybridized carbons (Fsp3) is 0. The molecule has 0 aromatic carbocycles. The summed E-state index contributed by atoms with van der Waals surface area (Å²) in [5.74, 6) is -3.99. The molecule has 1 aromatic rings. The Labute approximate surface area is 111 Å². The summed E-state index contributed by atoms with van der Waals surface area (Å²) >= 11 is 10.4. The second kappa shape index (κ2) is 6.13. The molecule has 1 heterocycles. The molecule has 2 N–H and O–H groups in total. The molecule has 8 heteroatoms. The van der Waals surface area contributed by atoms with E-state index >= 15 is 0 Å². The predicted molar refractivity (Wildman–Crippen MR) is 63.1 cm³/mol. The van der Waals surface area contributed by atoms with Gasteiger partial charge in [0.2, 0.25) is 11.6 Å². The number of aliphatic hydroxyl groups excluding tert-OH is 2. The third-order valence-corrected chi connectivity index (χ3v) is 2.42. The van der Waals surface area contributed by atoms with Crippen LogP contribution in [0.5, 0.6) is 0 Å². The third-order valence-electron chi connectivity index (χ3n) is 1.72. The van der Waals surface area contributed by atoms with Crippen molar-refractivity contribution in [1.82, 2.24) is 9.97 Å². The van der Waals surface area contributed by atoms with Crippen LogP contribution in [0.3, 0.4) is 0 Å². The zero-order valence-electron chi connectivity index (χ0n) is 8.67. The molecule has 1 aliphatic carbocycles. The minimum absolute atomic E-state index is 0.720. The van der Waals surface area contributed by atoms with E-state index in [0.717, 1.165) is 0 Å². The van der Waals surface area contributed by atoms with E-state index in [1.54, 1.807) is 24.8 Å². The van der Waals surface area contributed by atoms with Crippen molar-refractivity contribution in [1.29, 1.82) is 0 Å². The predicted octanol–water partition coefficient (Wildman–Crippen LogP) is 1.63. The lowest BCUT2D eigenvalue weighted by Crippen LogP contribution is -2.19. The molecule has 1 aliphatic rings. The Morgan fingerprint density at radius 1 is 0.778 bits per heavy atom. The standard InChI is InChI=1S/C6H2Cl2O4.C4H4N2/c7-1-3(9)5(11)2(8)6(12)4(1)10;1-2-6-4-3-5-1/h9,12H;1-4H. The molecule has 0 atom stereocenters. The van der Waals surface area contributed by atoms with Gasteiger partial charge in [-0.05, 0) is 0 Å². The SMILES string of the molecule is O=C1C(O)=C(Cl)C(=O)C(O)=C1Cl.c1cnccn1. The first-order valence-electron chi connectivity index (χ1n) is 4.43. The van der Waals surface area contributed by atoms with Crippen molar-refractivity contribution in [2.24, 2.45) is 0 Å². The van der Waals surface area contributed by atoms with E-state index in [0.29, 0.717) is 0 Å². The summed E-state index contributed by atoms with van der Waals surface area (Å²) in [6, 6.07) is 0. The van der Waals surface area contributed by atoms with Crippen LogP contribution in [0, 0.1) is 0 Å². The molecule has 0 saturated carbocycles. The average molecular weight is 289 g/mol. The Bertz CT molecular complexity index is 451. The summed E-state index contributed by atoms with van der Waals surface area (Å²) in [6.45, 7) is 0. The maximum atomic E-state index is 10.8. The highest BCUT2D eigenvalue weighted by molar-refractivity contribution is 6.55. The van der Waals surface area contributed by atoms with Crippen molar-refractivity contribution >= 4 is 34.8 Å². The number of allylic oxidation sites excluding steroid dienone is 2. The van der Waals surface area contributed by atoms with Crippen molar-refractivity contribution in [2.75, 3.05) is 0 Å². The maximum absolute atomic E-state index is 10.8. The first-order valence-corrected chi connectivity index (χ1v) is 5.19. The molecule has 18 heavy (non-hydrogen) atoms. The highest BCUT2D eigenvalue weighted by atomic mass is 35.5. The minimum Gasteiger partial charge on any atom is -0.503 e. The largest absolute Gasteiger partial charge is 0.503 e. The third kappa shape index (κ3) is 3.06. The lowest BCUT2D eigenvalue weighted by molar-refractivity contribution is -0.119. The van der Waals surface area contributed by atoms with E-state index < -0.39 is 33.1 Å². The van der Waals surface area contributed by atoms with Crippen molar-refractivity contribution in [3.05, 3.63) is 46.4 Å². The maximum Gasteiger partial charge on any atom is 0.244 e. The fourth-order valence-electron chi connectivity index (χ4n) is 0.876. The van der Waals surface area contributed by atoms with Gasteiger partial charge in [0.15, 0.2) is 11.5 Å². The van der Waals surface area contributed by atoms with E-state index in [4.69, 9.17) is 33.4 Å². The summed E-state index contributed by atoms with van der Waals surface area (Å²) in [4.78, 5) is 29.0. The van der Waals surface area contributed by atoms with E-state index in [1.165, 1.54) is 0 Å². The number of rotatable bonds is 0. The van der Waals surface area contributed by atoms with Crippen molar-refractivity contribution in [2.45, 2.75) is 0 Å².